The number of carbonyl (C=O) groups excluding carboxylic acids is 1. The highest BCUT2D eigenvalue weighted by Crippen LogP contribution is 2.39. The summed E-state index contributed by atoms with van der Waals surface area (Å²) in [6, 6.07) is 15.4. The van der Waals surface area contributed by atoms with Crippen molar-refractivity contribution >= 4 is 32.2 Å². The Balaban J connectivity index is 1.49. The molecule has 192 valence electrons. The number of aromatic nitrogens is 3. The number of H-pyrrole nitrogens is 1. The van der Waals surface area contributed by atoms with Gasteiger partial charge in [-0.15, -0.1) is 6.42 Å². The van der Waals surface area contributed by atoms with E-state index in [2.05, 4.69) is 20.9 Å². The number of carbonyl (C=O) groups is 1. The number of hydrogen-bond acceptors (Lipinski definition) is 7. The van der Waals surface area contributed by atoms with Crippen molar-refractivity contribution in [1.29, 1.82) is 0 Å². The summed E-state index contributed by atoms with van der Waals surface area (Å²) in [6.45, 7) is 2.04. The zero-order valence-corrected chi connectivity index (χ0v) is 21.8. The number of hydrogen-bond donors (Lipinski definition) is 1. The van der Waals surface area contributed by atoms with Crippen molar-refractivity contribution in [3.8, 4) is 12.3 Å². The molecule has 0 saturated carbocycles. The summed E-state index contributed by atoms with van der Waals surface area (Å²) in [6.07, 6.45) is 9.91. The second-order valence-electron chi connectivity index (χ2n) is 9.49. The molecule has 38 heavy (non-hydrogen) atoms. The van der Waals surface area contributed by atoms with Gasteiger partial charge in [0.25, 0.3) is 5.56 Å². The van der Waals surface area contributed by atoms with E-state index in [0.717, 1.165) is 30.2 Å². The SMILES string of the molecule is C#CCN(c1ccc(C(=O)C(c2ccccc2)S(C)(=O)=O)nc1)C1CCc2cc3nc(C)[nH]c(=O)c3cc21. The lowest BCUT2D eigenvalue weighted by Crippen LogP contribution is -2.28. The van der Waals surface area contributed by atoms with Gasteiger partial charge in [-0.25, -0.2) is 13.4 Å². The standard InChI is InChI=1S/C29H26N4O4S/c1-4-14-33(26-13-10-20-15-25-23(16-22(20)26)29(35)32-18(2)31-25)21-11-12-24(30-17-21)27(34)28(38(3,36)37)19-8-6-5-7-9-19/h1,5-9,11-12,15-17,26,28H,10,13-14H2,2-3H3,(H,31,32,35). The van der Waals surface area contributed by atoms with Crippen molar-refractivity contribution < 1.29 is 13.2 Å². The maximum atomic E-state index is 13.3. The normalized spacial score (nSPS) is 15.6. The Bertz CT molecular complexity index is 1740. The third kappa shape index (κ3) is 4.71. The van der Waals surface area contributed by atoms with Gasteiger partial charge in [-0.3, -0.25) is 14.6 Å². The molecule has 2 heterocycles. The van der Waals surface area contributed by atoms with E-state index >= 15 is 0 Å². The first-order chi connectivity index (χ1) is 18.2. The van der Waals surface area contributed by atoms with Gasteiger partial charge >= 0.3 is 0 Å². The van der Waals surface area contributed by atoms with E-state index in [4.69, 9.17) is 6.42 Å². The number of fused-ring (bicyclic) bond motifs is 2. The molecule has 0 aliphatic heterocycles. The van der Waals surface area contributed by atoms with E-state index in [1.54, 1.807) is 49.5 Å². The average Bonchev–Trinajstić information content (AvgIpc) is 3.28. The lowest BCUT2D eigenvalue weighted by Gasteiger charge is -2.30. The van der Waals surface area contributed by atoms with Gasteiger partial charge in [0, 0.05) is 6.26 Å². The van der Waals surface area contributed by atoms with E-state index in [9.17, 15) is 18.0 Å². The molecular weight excluding hydrogens is 500 g/mol. The molecule has 2 aromatic heterocycles. The summed E-state index contributed by atoms with van der Waals surface area (Å²) in [5.74, 6) is 2.68. The molecule has 0 spiro atoms. The highest BCUT2D eigenvalue weighted by Gasteiger charge is 2.33. The van der Waals surface area contributed by atoms with Crippen LogP contribution in [-0.2, 0) is 16.3 Å². The second-order valence-corrected chi connectivity index (χ2v) is 11.6. The number of anilines is 1. The molecule has 0 amide bonds. The monoisotopic (exact) mass is 526 g/mol. The van der Waals surface area contributed by atoms with Crippen LogP contribution < -0.4 is 10.5 Å². The summed E-state index contributed by atoms with van der Waals surface area (Å²) in [5, 5.41) is -0.817. The molecule has 9 heteroatoms. The van der Waals surface area contributed by atoms with Crippen molar-refractivity contribution in [1.82, 2.24) is 15.0 Å². The molecule has 5 rings (SSSR count). The van der Waals surface area contributed by atoms with Gasteiger partial charge in [0.2, 0.25) is 5.78 Å². The first kappa shape index (κ1) is 25.4. The Hall–Kier alpha value is -4.29. The quantitative estimate of drug-likeness (QED) is 0.288. The van der Waals surface area contributed by atoms with Crippen LogP contribution in [0.1, 0.15) is 50.7 Å². The van der Waals surface area contributed by atoms with Crippen molar-refractivity contribution in [3.63, 3.8) is 0 Å². The third-order valence-electron chi connectivity index (χ3n) is 6.87. The number of terminal acetylenes is 1. The molecule has 4 aromatic rings. The molecule has 2 aromatic carbocycles. The molecule has 0 saturated heterocycles. The minimum Gasteiger partial charge on any atom is -0.352 e. The number of aryl methyl sites for hydroxylation is 2. The van der Waals surface area contributed by atoms with Crippen molar-refractivity contribution in [2.24, 2.45) is 0 Å². The first-order valence-electron chi connectivity index (χ1n) is 12.1. The van der Waals surface area contributed by atoms with Gasteiger partial charge in [0.1, 0.15) is 11.5 Å². The maximum absolute atomic E-state index is 13.3. The Morgan fingerprint density at radius 3 is 2.63 bits per heavy atom. The lowest BCUT2D eigenvalue weighted by molar-refractivity contribution is 0.0982. The summed E-state index contributed by atoms with van der Waals surface area (Å²) in [4.78, 5) is 39.4. The number of Topliss-reactive ketones (excluding diaryl/α,β-unsaturated/α-hetero) is 1. The number of nitrogens with zero attached hydrogens (tertiary/aromatic N) is 3. The minimum absolute atomic E-state index is 0.0551. The second kappa shape index (κ2) is 9.88. The Morgan fingerprint density at radius 2 is 1.97 bits per heavy atom. The van der Waals surface area contributed by atoms with Gasteiger partial charge in [0.15, 0.2) is 15.1 Å². The number of aromatic amines is 1. The third-order valence-corrected chi connectivity index (χ3v) is 8.21. The summed E-state index contributed by atoms with van der Waals surface area (Å²) in [7, 11) is -3.73. The summed E-state index contributed by atoms with van der Waals surface area (Å²) < 4.78 is 25.1. The molecule has 1 aliphatic rings. The summed E-state index contributed by atoms with van der Waals surface area (Å²) in [5.41, 5.74) is 3.74. The number of nitrogens with one attached hydrogen (secondary N) is 1. The van der Waals surface area contributed by atoms with Crippen LogP contribution in [0.2, 0.25) is 0 Å². The number of rotatable bonds is 7. The van der Waals surface area contributed by atoms with E-state index in [1.165, 1.54) is 6.07 Å². The topological polar surface area (TPSA) is 113 Å². The average molecular weight is 527 g/mol. The molecule has 0 bridgehead atoms. The zero-order chi connectivity index (χ0) is 27.0. The number of pyridine rings is 1. The fourth-order valence-electron chi connectivity index (χ4n) is 5.20. The Morgan fingerprint density at radius 1 is 1.21 bits per heavy atom. The first-order valence-corrected chi connectivity index (χ1v) is 14.1. The largest absolute Gasteiger partial charge is 0.352 e. The van der Waals surface area contributed by atoms with Gasteiger partial charge < -0.3 is 9.88 Å². The maximum Gasteiger partial charge on any atom is 0.258 e. The highest BCUT2D eigenvalue weighted by molar-refractivity contribution is 7.91. The molecule has 2 unspecified atom stereocenters. The van der Waals surface area contributed by atoms with Crippen LogP contribution in [0.5, 0.6) is 0 Å². The zero-order valence-electron chi connectivity index (χ0n) is 21.0. The highest BCUT2D eigenvalue weighted by atomic mass is 32.2. The predicted octanol–water partition coefficient (Wildman–Crippen LogP) is 3.72. The fourth-order valence-corrected chi connectivity index (χ4v) is 6.36. The van der Waals surface area contributed by atoms with Crippen LogP contribution >= 0.6 is 0 Å². The summed E-state index contributed by atoms with van der Waals surface area (Å²) >= 11 is 0. The van der Waals surface area contributed by atoms with Crippen LogP contribution in [0.25, 0.3) is 10.9 Å². The van der Waals surface area contributed by atoms with Crippen LogP contribution in [-0.4, -0.2) is 42.0 Å². The minimum atomic E-state index is -3.73. The van der Waals surface area contributed by atoms with Gasteiger partial charge in [-0.05, 0) is 60.7 Å². The van der Waals surface area contributed by atoms with Crippen LogP contribution in [0.4, 0.5) is 5.69 Å². The number of sulfone groups is 1. The van der Waals surface area contributed by atoms with Gasteiger partial charge in [0.05, 0.1) is 35.4 Å². The Labute approximate surface area is 220 Å². The molecule has 2 atom stereocenters. The van der Waals surface area contributed by atoms with Crippen molar-refractivity contribution in [3.05, 3.63) is 99.4 Å². The Kier molecular flexibility index (Phi) is 6.59. The van der Waals surface area contributed by atoms with E-state index in [-0.39, 0.29) is 23.8 Å². The van der Waals surface area contributed by atoms with Crippen LogP contribution in [0.3, 0.4) is 0 Å². The molecule has 0 fully saturated rings. The molecule has 0 radical (unpaired) electrons. The predicted molar refractivity (Wildman–Crippen MR) is 147 cm³/mol. The van der Waals surface area contributed by atoms with Gasteiger partial charge in [-0.1, -0.05) is 36.3 Å². The van der Waals surface area contributed by atoms with Crippen molar-refractivity contribution in [2.75, 3.05) is 17.7 Å². The van der Waals surface area contributed by atoms with E-state index in [1.807, 2.05) is 17.0 Å². The van der Waals surface area contributed by atoms with Crippen molar-refractivity contribution in [2.45, 2.75) is 31.1 Å². The van der Waals surface area contributed by atoms with E-state index in [0.29, 0.717) is 28.0 Å². The number of ketones is 1. The van der Waals surface area contributed by atoms with E-state index < -0.39 is 20.9 Å². The van der Waals surface area contributed by atoms with Crippen LogP contribution in [0, 0.1) is 19.3 Å². The molecule has 1 aliphatic carbocycles. The van der Waals surface area contributed by atoms with Crippen LogP contribution in [0.15, 0.2) is 65.6 Å². The fraction of sp³-hybridized carbons (Fsp3) is 0.241. The molecular formula is C29H26N4O4S. The number of benzene rings is 2. The smallest absolute Gasteiger partial charge is 0.258 e. The van der Waals surface area contributed by atoms with Gasteiger partial charge in [-0.2, -0.15) is 0 Å². The lowest BCUT2D eigenvalue weighted by atomic mass is 10.0. The molecule has 1 N–H and O–H groups in total. The molecule has 8 nitrogen and oxygen atoms in total.